The molecule has 1 aliphatic carbocycles. The maximum Gasteiger partial charge on any atom is 0.130 e. The minimum absolute atomic E-state index is 0.150. The van der Waals surface area contributed by atoms with Crippen LogP contribution in [0.1, 0.15) is 36.5 Å². The summed E-state index contributed by atoms with van der Waals surface area (Å²) in [7, 11) is 0. The number of nitriles is 2. The first-order valence-corrected chi connectivity index (χ1v) is 6.59. The van der Waals surface area contributed by atoms with Gasteiger partial charge in [-0.05, 0) is 61.4 Å². The van der Waals surface area contributed by atoms with Crippen molar-refractivity contribution in [1.82, 2.24) is 0 Å². The van der Waals surface area contributed by atoms with Crippen LogP contribution < -0.4 is 4.74 Å². The maximum atomic E-state index is 8.86. The smallest absolute Gasteiger partial charge is 0.130 e. The molecule has 0 radical (unpaired) electrons. The van der Waals surface area contributed by atoms with E-state index in [1.165, 1.54) is 17.5 Å². The Morgan fingerprint density at radius 3 is 2.53 bits per heavy atom. The third-order valence-electron chi connectivity index (χ3n) is 3.37. The number of allylic oxidation sites excluding steroid dienone is 1. The quantitative estimate of drug-likeness (QED) is 0.775. The minimum Gasteiger partial charge on any atom is -0.494 e. The largest absolute Gasteiger partial charge is 0.494 e. The summed E-state index contributed by atoms with van der Waals surface area (Å²) in [5.74, 6) is 0.949. The second-order valence-electron chi connectivity index (χ2n) is 4.53. The summed E-state index contributed by atoms with van der Waals surface area (Å²) in [5.41, 5.74) is 3.62. The number of ether oxygens (including phenoxy) is 1. The molecule has 0 aliphatic heterocycles. The van der Waals surface area contributed by atoms with Gasteiger partial charge >= 0.3 is 0 Å². The summed E-state index contributed by atoms with van der Waals surface area (Å²) >= 11 is 0. The lowest BCUT2D eigenvalue weighted by molar-refractivity contribution is 0.334. The normalized spacial score (nSPS) is 12.8. The Morgan fingerprint density at radius 1 is 1.21 bits per heavy atom. The van der Waals surface area contributed by atoms with Crippen molar-refractivity contribution in [2.45, 2.75) is 32.6 Å². The average molecular weight is 252 g/mol. The van der Waals surface area contributed by atoms with E-state index in [2.05, 4.69) is 0 Å². The predicted molar refractivity (Wildman–Crippen MR) is 73.5 cm³/mol. The SMILES string of the molecule is CCOc1ccc(C=C(C#N)C#N)c2c1CCCC2. The van der Waals surface area contributed by atoms with E-state index in [1.54, 1.807) is 6.08 Å². The molecule has 1 aromatic carbocycles. The van der Waals surface area contributed by atoms with Gasteiger partial charge in [-0.15, -0.1) is 0 Å². The first kappa shape index (κ1) is 13.2. The molecule has 2 rings (SSSR count). The Hall–Kier alpha value is -2.26. The second-order valence-corrected chi connectivity index (χ2v) is 4.53. The molecular formula is C16H16N2O. The van der Waals surface area contributed by atoms with Crippen molar-refractivity contribution < 1.29 is 4.74 Å². The Morgan fingerprint density at radius 2 is 1.89 bits per heavy atom. The van der Waals surface area contributed by atoms with E-state index in [1.807, 2.05) is 31.2 Å². The van der Waals surface area contributed by atoms with Crippen LogP contribution in [-0.2, 0) is 12.8 Å². The molecule has 0 aromatic heterocycles. The fourth-order valence-corrected chi connectivity index (χ4v) is 2.53. The Balaban J connectivity index is 2.50. The second kappa shape index (κ2) is 6.07. The van der Waals surface area contributed by atoms with Crippen LogP contribution in [0, 0.1) is 22.7 Å². The highest BCUT2D eigenvalue weighted by molar-refractivity contribution is 5.67. The van der Waals surface area contributed by atoms with Crippen LogP contribution in [-0.4, -0.2) is 6.61 Å². The van der Waals surface area contributed by atoms with Gasteiger partial charge in [-0.1, -0.05) is 6.07 Å². The van der Waals surface area contributed by atoms with Crippen LogP contribution in [0.3, 0.4) is 0 Å². The number of hydrogen-bond acceptors (Lipinski definition) is 3. The summed E-state index contributed by atoms with van der Waals surface area (Å²) in [6.45, 7) is 2.63. The summed E-state index contributed by atoms with van der Waals surface area (Å²) in [6, 6.07) is 7.73. The van der Waals surface area contributed by atoms with Crippen molar-refractivity contribution in [3.63, 3.8) is 0 Å². The van der Waals surface area contributed by atoms with Crippen molar-refractivity contribution in [2.75, 3.05) is 6.61 Å². The first-order valence-electron chi connectivity index (χ1n) is 6.59. The average Bonchev–Trinajstić information content (AvgIpc) is 2.47. The van der Waals surface area contributed by atoms with Gasteiger partial charge in [0, 0.05) is 0 Å². The third kappa shape index (κ3) is 2.77. The van der Waals surface area contributed by atoms with Crippen molar-refractivity contribution in [3.05, 3.63) is 34.4 Å². The van der Waals surface area contributed by atoms with E-state index in [9.17, 15) is 0 Å². The van der Waals surface area contributed by atoms with E-state index >= 15 is 0 Å². The van der Waals surface area contributed by atoms with Crippen molar-refractivity contribution in [1.29, 1.82) is 10.5 Å². The van der Waals surface area contributed by atoms with Crippen molar-refractivity contribution >= 4 is 6.08 Å². The number of rotatable bonds is 3. The lowest BCUT2D eigenvalue weighted by Gasteiger charge is -2.21. The molecule has 0 heterocycles. The van der Waals surface area contributed by atoms with Crippen molar-refractivity contribution in [2.24, 2.45) is 0 Å². The lowest BCUT2D eigenvalue weighted by atomic mass is 9.87. The van der Waals surface area contributed by atoms with Gasteiger partial charge in [-0.25, -0.2) is 0 Å². The van der Waals surface area contributed by atoms with Gasteiger partial charge < -0.3 is 4.74 Å². The highest BCUT2D eigenvalue weighted by atomic mass is 16.5. The molecule has 0 saturated carbocycles. The Labute approximate surface area is 113 Å². The van der Waals surface area contributed by atoms with Gasteiger partial charge in [0.2, 0.25) is 0 Å². The molecule has 3 nitrogen and oxygen atoms in total. The van der Waals surface area contributed by atoms with Gasteiger partial charge in [0.25, 0.3) is 0 Å². The zero-order valence-corrected chi connectivity index (χ0v) is 11.1. The van der Waals surface area contributed by atoms with Crippen molar-refractivity contribution in [3.8, 4) is 17.9 Å². The number of nitrogens with zero attached hydrogens (tertiary/aromatic N) is 2. The number of benzene rings is 1. The van der Waals surface area contributed by atoms with Crippen LogP contribution in [0.25, 0.3) is 6.08 Å². The molecule has 0 unspecified atom stereocenters. The summed E-state index contributed by atoms with van der Waals surface area (Å²) in [4.78, 5) is 0. The number of fused-ring (bicyclic) bond motifs is 1. The Kier molecular flexibility index (Phi) is 4.21. The fraction of sp³-hybridized carbons (Fsp3) is 0.375. The van der Waals surface area contributed by atoms with Crippen LogP contribution in [0.15, 0.2) is 17.7 Å². The highest BCUT2D eigenvalue weighted by Gasteiger charge is 2.17. The third-order valence-corrected chi connectivity index (χ3v) is 3.37. The molecule has 0 bridgehead atoms. The molecule has 1 aliphatic rings. The van der Waals surface area contributed by atoms with Gasteiger partial charge in [-0.2, -0.15) is 10.5 Å². The highest BCUT2D eigenvalue weighted by Crippen LogP contribution is 2.33. The fourth-order valence-electron chi connectivity index (χ4n) is 2.53. The molecule has 0 spiro atoms. The molecular weight excluding hydrogens is 236 g/mol. The predicted octanol–water partition coefficient (Wildman–Crippen LogP) is 3.39. The van der Waals surface area contributed by atoms with E-state index < -0.39 is 0 Å². The first-order chi connectivity index (χ1) is 9.30. The monoisotopic (exact) mass is 252 g/mol. The molecule has 96 valence electrons. The summed E-state index contributed by atoms with van der Waals surface area (Å²) in [6.07, 6.45) is 6.01. The standard InChI is InChI=1S/C16H16N2O/c1-2-19-16-8-7-13(9-12(10-17)11-18)14-5-3-4-6-15(14)16/h7-9H,2-6H2,1H3. The van der Waals surface area contributed by atoms with Crippen LogP contribution in [0.4, 0.5) is 0 Å². The molecule has 0 saturated heterocycles. The van der Waals surface area contributed by atoms with E-state index in [0.29, 0.717) is 6.61 Å². The molecule has 0 fully saturated rings. The van der Waals surface area contributed by atoms with Crippen LogP contribution in [0.2, 0.25) is 0 Å². The molecule has 19 heavy (non-hydrogen) atoms. The van der Waals surface area contributed by atoms with Gasteiger partial charge in [-0.3, -0.25) is 0 Å². The van der Waals surface area contributed by atoms with Crippen LogP contribution >= 0.6 is 0 Å². The van der Waals surface area contributed by atoms with Gasteiger partial charge in [0.15, 0.2) is 0 Å². The zero-order valence-electron chi connectivity index (χ0n) is 11.1. The van der Waals surface area contributed by atoms with E-state index in [0.717, 1.165) is 30.6 Å². The number of hydrogen-bond donors (Lipinski definition) is 0. The molecule has 0 atom stereocenters. The van der Waals surface area contributed by atoms with Gasteiger partial charge in [0.1, 0.15) is 23.5 Å². The van der Waals surface area contributed by atoms with E-state index in [4.69, 9.17) is 15.3 Å². The minimum atomic E-state index is 0.150. The maximum absolute atomic E-state index is 8.86. The molecule has 1 aromatic rings. The topological polar surface area (TPSA) is 56.8 Å². The molecule has 0 N–H and O–H groups in total. The summed E-state index contributed by atoms with van der Waals surface area (Å²) in [5, 5.41) is 17.7. The van der Waals surface area contributed by atoms with E-state index in [-0.39, 0.29) is 5.57 Å². The van der Waals surface area contributed by atoms with Gasteiger partial charge in [0.05, 0.1) is 6.61 Å². The zero-order chi connectivity index (χ0) is 13.7. The molecule has 0 amide bonds. The Bertz CT molecular complexity index is 572. The summed E-state index contributed by atoms with van der Waals surface area (Å²) < 4.78 is 5.67. The molecule has 3 heteroatoms. The lowest BCUT2D eigenvalue weighted by Crippen LogP contribution is -2.08. The van der Waals surface area contributed by atoms with Crippen LogP contribution in [0.5, 0.6) is 5.75 Å².